The molecule has 7 heteroatoms. The lowest BCUT2D eigenvalue weighted by Gasteiger charge is -2.20. The summed E-state index contributed by atoms with van der Waals surface area (Å²) < 4.78 is 13.0. The zero-order chi connectivity index (χ0) is 21.7. The first kappa shape index (κ1) is 21.9. The number of rotatable bonds is 7. The van der Waals surface area contributed by atoms with Crippen LogP contribution in [0.25, 0.3) is 0 Å². The standard InChI is InChI=1S/C23H29FN4O2/c1-4-27(5-2)23(30)20-14-25-22(26-16(20)3)18-12-13-28(15-18)21(29)11-8-17-6-9-19(24)10-7-17/h6-7,9-10,14,18H,4-5,8,11-13,15H2,1-3H3/t18-/m1/s1. The van der Waals surface area contributed by atoms with Gasteiger partial charge in [-0.15, -0.1) is 0 Å². The van der Waals surface area contributed by atoms with Gasteiger partial charge in [-0.1, -0.05) is 12.1 Å². The molecule has 1 saturated heterocycles. The summed E-state index contributed by atoms with van der Waals surface area (Å²) in [5, 5.41) is 0. The van der Waals surface area contributed by atoms with Crippen LogP contribution in [0.2, 0.25) is 0 Å². The van der Waals surface area contributed by atoms with Crippen molar-refractivity contribution in [3.8, 4) is 0 Å². The van der Waals surface area contributed by atoms with Crippen LogP contribution in [0.3, 0.4) is 0 Å². The van der Waals surface area contributed by atoms with E-state index < -0.39 is 0 Å². The van der Waals surface area contributed by atoms with Gasteiger partial charge in [0.05, 0.1) is 11.3 Å². The van der Waals surface area contributed by atoms with Crippen molar-refractivity contribution in [3.63, 3.8) is 0 Å². The van der Waals surface area contributed by atoms with Crippen LogP contribution >= 0.6 is 0 Å². The van der Waals surface area contributed by atoms with Crippen LogP contribution in [0, 0.1) is 12.7 Å². The molecule has 0 spiro atoms. The van der Waals surface area contributed by atoms with Gasteiger partial charge in [-0.3, -0.25) is 9.59 Å². The van der Waals surface area contributed by atoms with Crippen LogP contribution in [0.5, 0.6) is 0 Å². The Morgan fingerprint density at radius 3 is 2.53 bits per heavy atom. The average molecular weight is 413 g/mol. The number of aromatic nitrogens is 2. The fourth-order valence-corrected chi connectivity index (χ4v) is 3.83. The van der Waals surface area contributed by atoms with Crippen LogP contribution in [0.4, 0.5) is 4.39 Å². The zero-order valence-corrected chi connectivity index (χ0v) is 17.9. The Morgan fingerprint density at radius 1 is 1.20 bits per heavy atom. The second-order valence-electron chi connectivity index (χ2n) is 7.66. The third-order valence-electron chi connectivity index (χ3n) is 5.73. The van der Waals surface area contributed by atoms with Gasteiger partial charge in [-0.05, 0) is 51.3 Å². The van der Waals surface area contributed by atoms with Crippen molar-refractivity contribution >= 4 is 11.8 Å². The van der Waals surface area contributed by atoms with E-state index in [0.29, 0.717) is 56.1 Å². The van der Waals surface area contributed by atoms with Crippen molar-refractivity contribution in [2.24, 2.45) is 0 Å². The first-order chi connectivity index (χ1) is 14.4. The van der Waals surface area contributed by atoms with Crippen LogP contribution in [0.15, 0.2) is 30.5 Å². The van der Waals surface area contributed by atoms with Gasteiger partial charge in [0.1, 0.15) is 11.6 Å². The molecule has 1 fully saturated rings. The van der Waals surface area contributed by atoms with Gasteiger partial charge in [0.2, 0.25) is 5.91 Å². The highest BCUT2D eigenvalue weighted by Gasteiger charge is 2.29. The molecule has 6 nitrogen and oxygen atoms in total. The van der Waals surface area contributed by atoms with Crippen molar-refractivity contribution in [2.75, 3.05) is 26.2 Å². The minimum absolute atomic E-state index is 0.0481. The highest BCUT2D eigenvalue weighted by Crippen LogP contribution is 2.26. The summed E-state index contributed by atoms with van der Waals surface area (Å²) in [5.74, 6) is 0.543. The maximum Gasteiger partial charge on any atom is 0.257 e. The smallest absolute Gasteiger partial charge is 0.257 e. The third-order valence-corrected chi connectivity index (χ3v) is 5.73. The SMILES string of the molecule is CCN(CC)C(=O)c1cnc([C@@H]2CCN(C(=O)CCc3ccc(F)cc3)C2)nc1C. The van der Waals surface area contributed by atoms with Gasteiger partial charge < -0.3 is 9.80 Å². The zero-order valence-electron chi connectivity index (χ0n) is 17.9. The number of benzene rings is 1. The van der Waals surface area contributed by atoms with E-state index in [1.165, 1.54) is 12.1 Å². The molecule has 0 aliphatic carbocycles. The molecule has 2 amide bonds. The summed E-state index contributed by atoms with van der Waals surface area (Å²) in [6, 6.07) is 6.26. The molecule has 1 aliphatic heterocycles. The second kappa shape index (κ2) is 9.78. The minimum Gasteiger partial charge on any atom is -0.342 e. The van der Waals surface area contributed by atoms with Gasteiger partial charge in [-0.2, -0.15) is 0 Å². The number of aryl methyl sites for hydroxylation is 2. The highest BCUT2D eigenvalue weighted by molar-refractivity contribution is 5.94. The Labute approximate surface area is 177 Å². The lowest BCUT2D eigenvalue weighted by molar-refractivity contribution is -0.130. The van der Waals surface area contributed by atoms with Gasteiger partial charge in [0.15, 0.2) is 0 Å². The largest absolute Gasteiger partial charge is 0.342 e. The van der Waals surface area contributed by atoms with Crippen molar-refractivity contribution in [1.29, 1.82) is 0 Å². The van der Waals surface area contributed by atoms with Gasteiger partial charge >= 0.3 is 0 Å². The molecule has 30 heavy (non-hydrogen) atoms. The summed E-state index contributed by atoms with van der Waals surface area (Å²) in [4.78, 5) is 37.8. The lowest BCUT2D eigenvalue weighted by Crippen LogP contribution is -2.31. The molecule has 1 aromatic carbocycles. The first-order valence-electron chi connectivity index (χ1n) is 10.6. The van der Waals surface area contributed by atoms with E-state index in [0.717, 1.165) is 12.0 Å². The van der Waals surface area contributed by atoms with E-state index in [1.54, 1.807) is 23.2 Å². The summed E-state index contributed by atoms with van der Waals surface area (Å²) in [6.45, 7) is 8.30. The monoisotopic (exact) mass is 412 g/mol. The Morgan fingerprint density at radius 2 is 1.90 bits per heavy atom. The molecule has 1 aliphatic rings. The molecule has 1 aromatic heterocycles. The van der Waals surface area contributed by atoms with Crippen molar-refractivity contribution in [1.82, 2.24) is 19.8 Å². The van der Waals surface area contributed by atoms with Crippen LogP contribution < -0.4 is 0 Å². The van der Waals surface area contributed by atoms with E-state index in [9.17, 15) is 14.0 Å². The van der Waals surface area contributed by atoms with Gasteiger partial charge in [0, 0.05) is 44.7 Å². The number of likely N-dealkylation sites (tertiary alicyclic amines) is 1. The van der Waals surface area contributed by atoms with E-state index in [-0.39, 0.29) is 23.5 Å². The molecular formula is C23H29FN4O2. The summed E-state index contributed by atoms with van der Waals surface area (Å²) >= 11 is 0. The number of nitrogens with zero attached hydrogens (tertiary/aromatic N) is 4. The molecular weight excluding hydrogens is 383 g/mol. The summed E-state index contributed by atoms with van der Waals surface area (Å²) in [7, 11) is 0. The normalized spacial score (nSPS) is 16.0. The van der Waals surface area contributed by atoms with Crippen molar-refractivity contribution in [2.45, 2.75) is 46.0 Å². The molecule has 0 unspecified atom stereocenters. The van der Waals surface area contributed by atoms with E-state index in [4.69, 9.17) is 0 Å². The lowest BCUT2D eigenvalue weighted by atomic mass is 10.1. The van der Waals surface area contributed by atoms with E-state index in [1.807, 2.05) is 25.7 Å². The Balaban J connectivity index is 1.59. The molecule has 0 N–H and O–H groups in total. The first-order valence-corrected chi connectivity index (χ1v) is 10.6. The average Bonchev–Trinajstić information content (AvgIpc) is 3.24. The molecule has 0 bridgehead atoms. The molecule has 2 heterocycles. The van der Waals surface area contributed by atoms with Gasteiger partial charge in [0.25, 0.3) is 5.91 Å². The summed E-state index contributed by atoms with van der Waals surface area (Å²) in [5.41, 5.74) is 2.17. The Hall–Kier alpha value is -2.83. The molecule has 0 radical (unpaired) electrons. The number of hydrogen-bond donors (Lipinski definition) is 0. The van der Waals surface area contributed by atoms with Crippen molar-refractivity contribution < 1.29 is 14.0 Å². The number of halogens is 1. The molecule has 160 valence electrons. The van der Waals surface area contributed by atoms with Crippen LogP contribution in [-0.4, -0.2) is 57.8 Å². The minimum atomic E-state index is -0.271. The predicted octanol–water partition coefficient (Wildman–Crippen LogP) is 3.35. The van der Waals surface area contributed by atoms with Crippen LogP contribution in [-0.2, 0) is 11.2 Å². The fourth-order valence-electron chi connectivity index (χ4n) is 3.83. The number of carbonyl (C=O) groups excluding carboxylic acids is 2. The Bertz CT molecular complexity index is 897. The maximum atomic E-state index is 13.0. The predicted molar refractivity (Wildman–Crippen MR) is 113 cm³/mol. The highest BCUT2D eigenvalue weighted by atomic mass is 19.1. The molecule has 1 atom stereocenters. The molecule has 3 rings (SSSR count). The second-order valence-corrected chi connectivity index (χ2v) is 7.66. The van der Waals surface area contributed by atoms with Crippen LogP contribution in [0.1, 0.15) is 60.0 Å². The Kier molecular flexibility index (Phi) is 7.13. The van der Waals surface area contributed by atoms with E-state index >= 15 is 0 Å². The van der Waals surface area contributed by atoms with E-state index in [2.05, 4.69) is 9.97 Å². The van der Waals surface area contributed by atoms with Crippen molar-refractivity contribution in [3.05, 3.63) is 58.9 Å². The number of carbonyl (C=O) groups is 2. The number of amides is 2. The number of hydrogen-bond acceptors (Lipinski definition) is 4. The third kappa shape index (κ3) is 5.01. The van der Waals surface area contributed by atoms with Gasteiger partial charge in [-0.25, -0.2) is 14.4 Å². The quantitative estimate of drug-likeness (QED) is 0.700. The molecule has 2 aromatic rings. The summed E-state index contributed by atoms with van der Waals surface area (Å²) in [6.07, 6.45) is 3.43. The molecule has 0 saturated carbocycles. The fraction of sp³-hybridized carbons (Fsp3) is 0.478. The maximum absolute atomic E-state index is 13.0. The topological polar surface area (TPSA) is 66.4 Å².